The number of allylic oxidation sites excluding steroid dienone is 6. The van der Waals surface area contributed by atoms with Gasteiger partial charge in [-0.3, -0.25) is 0 Å². The van der Waals surface area contributed by atoms with Crippen molar-refractivity contribution in [2.45, 2.75) is 6.92 Å². The SMILES string of the molecule is C=C/C=C(\C(O)=C/C)n1n2c(=C/C=C)/c(=C\C=C)n12. The summed E-state index contributed by atoms with van der Waals surface area (Å²) in [5, 5.41) is 11.9. The highest BCUT2D eigenvalue weighted by Crippen LogP contribution is 2.15. The van der Waals surface area contributed by atoms with Crippen molar-refractivity contribution in [3.8, 4) is 0 Å². The lowest BCUT2D eigenvalue weighted by atomic mass is 10.3. The van der Waals surface area contributed by atoms with Gasteiger partial charge in [0.05, 0.1) is 0 Å². The van der Waals surface area contributed by atoms with Crippen molar-refractivity contribution in [2.75, 3.05) is 0 Å². The molecular weight excluding hydrogens is 238 g/mol. The molecule has 4 heteroatoms. The number of aliphatic hydroxyl groups excluding tert-OH is 1. The Balaban J connectivity index is 2.66. The molecule has 0 aromatic carbocycles. The molecule has 0 atom stereocenters. The summed E-state index contributed by atoms with van der Waals surface area (Å²) in [6.07, 6.45) is 12.3. The van der Waals surface area contributed by atoms with E-state index in [1.807, 2.05) is 26.2 Å². The first-order chi connectivity index (χ1) is 9.21. The van der Waals surface area contributed by atoms with Crippen LogP contribution in [0.3, 0.4) is 0 Å². The van der Waals surface area contributed by atoms with Crippen LogP contribution in [0.2, 0.25) is 0 Å². The summed E-state index contributed by atoms with van der Waals surface area (Å²) < 4.78 is 3.85. The van der Waals surface area contributed by atoms with Gasteiger partial charge in [-0.2, -0.15) is 0 Å². The van der Waals surface area contributed by atoms with E-state index >= 15 is 0 Å². The van der Waals surface area contributed by atoms with Gasteiger partial charge < -0.3 is 5.11 Å². The van der Waals surface area contributed by atoms with Crippen molar-refractivity contribution in [3.05, 3.63) is 66.6 Å². The summed E-state index contributed by atoms with van der Waals surface area (Å²) in [4.78, 5) is 1.85. The fourth-order valence-corrected chi connectivity index (χ4v) is 1.94. The molecule has 0 saturated carbocycles. The normalized spacial score (nSPS) is 15.6. The van der Waals surface area contributed by atoms with Gasteiger partial charge in [0.15, 0.2) is 0 Å². The lowest BCUT2D eigenvalue weighted by Crippen LogP contribution is -2.39. The number of hydrogen-bond donors (Lipinski definition) is 1. The topological polar surface area (TPSA) is 34.0 Å². The van der Waals surface area contributed by atoms with E-state index in [9.17, 15) is 5.11 Å². The number of aliphatic hydroxyl groups is 1. The minimum Gasteiger partial charge on any atom is -0.506 e. The average Bonchev–Trinajstić information content (AvgIpc) is 3.08. The summed E-state index contributed by atoms with van der Waals surface area (Å²) in [7, 11) is 0. The maximum atomic E-state index is 9.93. The largest absolute Gasteiger partial charge is 0.506 e. The zero-order valence-electron chi connectivity index (χ0n) is 11.0. The molecule has 2 rings (SSSR count). The molecule has 0 spiro atoms. The van der Waals surface area contributed by atoms with Crippen molar-refractivity contribution >= 4 is 17.8 Å². The predicted octanol–water partition coefficient (Wildman–Crippen LogP) is 1.70. The smallest absolute Gasteiger partial charge is 0.138 e. The fraction of sp³-hybridized carbons (Fsp3) is 0.0667. The van der Waals surface area contributed by atoms with E-state index in [4.69, 9.17) is 0 Å². The Hall–Kier alpha value is -2.62. The third-order valence-electron chi connectivity index (χ3n) is 2.78. The van der Waals surface area contributed by atoms with Crippen molar-refractivity contribution < 1.29 is 5.11 Å². The molecule has 0 bridgehead atoms. The van der Waals surface area contributed by atoms with E-state index in [0.29, 0.717) is 5.70 Å². The molecule has 2 aromatic rings. The van der Waals surface area contributed by atoms with E-state index in [2.05, 4.69) is 19.7 Å². The maximum Gasteiger partial charge on any atom is 0.138 e. The lowest BCUT2D eigenvalue weighted by Gasteiger charge is -1.97. The number of hydrogen-bond acceptors (Lipinski definition) is 1. The molecule has 0 amide bonds. The van der Waals surface area contributed by atoms with Gasteiger partial charge in [0.1, 0.15) is 22.2 Å². The number of rotatable bonds is 5. The molecule has 0 radical (unpaired) electrons. The highest BCUT2D eigenvalue weighted by Gasteiger charge is 2.23. The van der Waals surface area contributed by atoms with Gasteiger partial charge in [0.2, 0.25) is 0 Å². The molecule has 2 aromatic heterocycles. The molecular formula is C15H17N3O. The van der Waals surface area contributed by atoms with Gasteiger partial charge >= 0.3 is 0 Å². The highest BCUT2D eigenvalue weighted by atomic mass is 16.3. The van der Waals surface area contributed by atoms with Crippen LogP contribution in [0.1, 0.15) is 6.92 Å². The van der Waals surface area contributed by atoms with Crippen LogP contribution in [0, 0.1) is 0 Å². The third kappa shape index (κ3) is 1.87. The molecule has 0 aliphatic rings. The summed E-state index contributed by atoms with van der Waals surface area (Å²) in [5.41, 5.74) is 0.667. The molecule has 19 heavy (non-hydrogen) atoms. The fourth-order valence-electron chi connectivity index (χ4n) is 1.94. The first-order valence-electron chi connectivity index (χ1n) is 5.95. The van der Waals surface area contributed by atoms with Gasteiger partial charge in [-0.25, -0.2) is 0 Å². The number of aromatic nitrogens is 3. The van der Waals surface area contributed by atoms with Crippen LogP contribution in [0.25, 0.3) is 17.8 Å². The summed E-state index contributed by atoms with van der Waals surface area (Å²) in [6.45, 7) is 12.9. The Morgan fingerprint density at radius 3 is 1.89 bits per heavy atom. The van der Waals surface area contributed by atoms with E-state index < -0.39 is 0 Å². The second-order valence-corrected chi connectivity index (χ2v) is 3.91. The first kappa shape index (κ1) is 12.8. The van der Waals surface area contributed by atoms with Crippen LogP contribution in [-0.2, 0) is 0 Å². The minimum atomic E-state index is 0.199. The molecule has 0 aliphatic carbocycles. The Morgan fingerprint density at radius 1 is 1.00 bits per heavy atom. The Labute approximate surface area is 111 Å². The van der Waals surface area contributed by atoms with Gasteiger partial charge in [-0.1, -0.05) is 38.0 Å². The first-order valence-corrected chi connectivity index (χ1v) is 5.95. The summed E-state index contributed by atoms with van der Waals surface area (Å²) >= 11 is 0. The van der Waals surface area contributed by atoms with E-state index in [0.717, 1.165) is 10.7 Å². The minimum absolute atomic E-state index is 0.199. The second-order valence-electron chi connectivity index (χ2n) is 3.91. The van der Waals surface area contributed by atoms with Crippen LogP contribution in [0.4, 0.5) is 0 Å². The molecule has 4 nitrogen and oxygen atoms in total. The summed E-state index contributed by atoms with van der Waals surface area (Å²) in [6, 6.07) is 0. The maximum absolute atomic E-state index is 9.93. The predicted molar refractivity (Wildman–Crippen MR) is 79.5 cm³/mol. The molecule has 0 saturated heterocycles. The van der Waals surface area contributed by atoms with Crippen molar-refractivity contribution in [3.63, 3.8) is 0 Å². The van der Waals surface area contributed by atoms with Crippen LogP contribution in [0.15, 0.2) is 55.9 Å². The molecule has 0 aliphatic heterocycles. The lowest BCUT2D eigenvalue weighted by molar-refractivity contribution is 0.431. The van der Waals surface area contributed by atoms with Gasteiger partial charge in [0.25, 0.3) is 0 Å². The average molecular weight is 255 g/mol. The molecule has 2 heterocycles. The van der Waals surface area contributed by atoms with Crippen LogP contribution < -0.4 is 10.7 Å². The Kier molecular flexibility index (Phi) is 3.33. The van der Waals surface area contributed by atoms with Crippen LogP contribution >= 0.6 is 0 Å². The molecule has 1 N–H and O–H groups in total. The second kappa shape index (κ2) is 4.94. The monoisotopic (exact) mass is 255 g/mol. The van der Waals surface area contributed by atoms with Gasteiger partial charge in [-0.15, -0.1) is 14.1 Å². The number of nitrogens with zero attached hydrogens (tertiary/aromatic N) is 3. The molecule has 0 fully saturated rings. The quantitative estimate of drug-likeness (QED) is 0.640. The van der Waals surface area contributed by atoms with Crippen LogP contribution in [0.5, 0.6) is 0 Å². The van der Waals surface area contributed by atoms with Crippen LogP contribution in [-0.4, -0.2) is 19.2 Å². The molecule has 0 unspecified atom stereocenters. The van der Waals surface area contributed by atoms with Gasteiger partial charge in [0, 0.05) is 0 Å². The zero-order chi connectivity index (χ0) is 14.0. The van der Waals surface area contributed by atoms with E-state index in [-0.39, 0.29) is 5.76 Å². The summed E-state index contributed by atoms with van der Waals surface area (Å²) in [5.74, 6) is 0.199. The Bertz CT molecular complexity index is 743. The van der Waals surface area contributed by atoms with Crippen molar-refractivity contribution in [1.29, 1.82) is 0 Å². The highest BCUT2D eigenvalue weighted by molar-refractivity contribution is 5.62. The van der Waals surface area contributed by atoms with Crippen molar-refractivity contribution in [1.82, 2.24) is 14.1 Å². The zero-order valence-corrected chi connectivity index (χ0v) is 11.0. The standard InChI is InChI=1S/C15H17N3O/c1-5-9-12-13(10-6-2)17-16(12)18(17)14(11-7-3)15(19)8-4/h5-11,19H,1-3H2,4H3/b12-9+,13-10+,14-11+,15-8+. The van der Waals surface area contributed by atoms with Gasteiger partial charge in [-0.05, 0) is 31.2 Å². The Morgan fingerprint density at radius 2 is 1.53 bits per heavy atom. The number of fused-ring (bicyclic) bond motifs is 1. The van der Waals surface area contributed by atoms with Crippen molar-refractivity contribution in [2.24, 2.45) is 0 Å². The molecule has 98 valence electrons. The third-order valence-corrected chi connectivity index (χ3v) is 2.78. The van der Waals surface area contributed by atoms with E-state index in [1.54, 1.807) is 37.3 Å². The van der Waals surface area contributed by atoms with E-state index in [1.165, 1.54) is 0 Å².